The Morgan fingerprint density at radius 3 is 2.77 bits per heavy atom. The predicted octanol–water partition coefficient (Wildman–Crippen LogP) is 2.92. The molecule has 132 valence electrons. The number of thiophene rings is 1. The minimum Gasteiger partial charge on any atom is -0.368 e. The Bertz CT molecular complexity index is 851. The topological polar surface area (TPSA) is 91.8 Å². The van der Waals surface area contributed by atoms with E-state index in [-0.39, 0.29) is 5.91 Å². The lowest BCUT2D eigenvalue weighted by Crippen LogP contribution is -2.27. The predicted molar refractivity (Wildman–Crippen MR) is 104 cm³/mol. The molecule has 0 saturated carbocycles. The van der Waals surface area contributed by atoms with Crippen molar-refractivity contribution >= 4 is 40.8 Å². The van der Waals surface area contributed by atoms with Gasteiger partial charge in [0, 0.05) is 36.3 Å². The highest BCUT2D eigenvalue weighted by atomic mass is 32.1. The zero-order chi connectivity index (χ0) is 18.0. The summed E-state index contributed by atoms with van der Waals surface area (Å²) in [5, 5.41) is 11.0. The van der Waals surface area contributed by atoms with Crippen molar-refractivity contribution < 1.29 is 4.79 Å². The number of anilines is 3. The number of nitrogens with one attached hydrogen (secondary N) is 3. The molecule has 3 aromatic rings. The van der Waals surface area contributed by atoms with E-state index in [1.165, 1.54) is 12.4 Å². The third-order valence-electron chi connectivity index (χ3n) is 3.26. The highest BCUT2D eigenvalue weighted by molar-refractivity contribution is 7.10. The van der Waals surface area contributed by atoms with Gasteiger partial charge in [-0.1, -0.05) is 12.1 Å². The van der Waals surface area contributed by atoms with Gasteiger partial charge in [0.05, 0.1) is 0 Å². The van der Waals surface area contributed by atoms with Crippen LogP contribution in [-0.2, 0) is 4.79 Å². The molecular formula is C18H18N6OS. The summed E-state index contributed by atoms with van der Waals surface area (Å²) < 4.78 is 0. The number of carbonyl (C=O) groups is 1. The van der Waals surface area contributed by atoms with Gasteiger partial charge in [0.2, 0.25) is 5.91 Å². The second-order valence-electron chi connectivity index (χ2n) is 5.20. The summed E-state index contributed by atoms with van der Waals surface area (Å²) >= 11 is 1.59. The van der Waals surface area contributed by atoms with E-state index in [1.807, 2.05) is 35.7 Å². The van der Waals surface area contributed by atoms with Crippen molar-refractivity contribution in [1.29, 1.82) is 0 Å². The molecule has 0 aliphatic rings. The van der Waals surface area contributed by atoms with Gasteiger partial charge >= 0.3 is 0 Å². The Morgan fingerprint density at radius 2 is 1.96 bits per heavy atom. The molecule has 0 atom stereocenters. The molecule has 0 saturated heterocycles. The van der Waals surface area contributed by atoms with E-state index in [0.717, 1.165) is 4.88 Å². The zero-order valence-corrected chi connectivity index (χ0v) is 14.7. The first-order valence-corrected chi connectivity index (χ1v) is 8.91. The lowest BCUT2D eigenvalue weighted by molar-refractivity contribution is -0.116. The van der Waals surface area contributed by atoms with Crippen LogP contribution in [0.3, 0.4) is 0 Å². The number of nitrogens with zero attached hydrogens (tertiary/aromatic N) is 3. The summed E-state index contributed by atoms with van der Waals surface area (Å²) in [7, 11) is 0. The van der Waals surface area contributed by atoms with Crippen LogP contribution in [0.4, 0.5) is 17.5 Å². The standard InChI is InChI=1S/C18H18N6OS/c25-18(7-6-14-4-3-11-26-14)21-10-9-20-16-12-17(23-13-22-16)24-15-5-1-2-8-19-15/h1-8,11-13H,9-10H2,(H,21,25)(H2,19,20,22,23,24)/b7-6+. The summed E-state index contributed by atoms with van der Waals surface area (Å²) in [6.07, 6.45) is 6.51. The number of hydrogen-bond acceptors (Lipinski definition) is 7. The van der Waals surface area contributed by atoms with Crippen LogP contribution in [0.15, 0.2) is 60.4 Å². The molecule has 1 amide bonds. The maximum absolute atomic E-state index is 11.7. The maximum atomic E-state index is 11.7. The fraction of sp³-hybridized carbons (Fsp3) is 0.111. The molecule has 8 heteroatoms. The Kier molecular flexibility index (Phi) is 6.27. The fourth-order valence-electron chi connectivity index (χ4n) is 2.07. The van der Waals surface area contributed by atoms with Gasteiger partial charge in [-0.05, 0) is 29.7 Å². The Hall–Kier alpha value is -3.26. The van der Waals surface area contributed by atoms with Crippen LogP contribution in [0.2, 0.25) is 0 Å². The molecule has 0 aromatic carbocycles. The van der Waals surface area contributed by atoms with Gasteiger partial charge in [-0.2, -0.15) is 0 Å². The van der Waals surface area contributed by atoms with Crippen molar-refractivity contribution in [2.24, 2.45) is 0 Å². The average Bonchev–Trinajstić information content (AvgIpc) is 3.18. The Morgan fingerprint density at radius 1 is 1.04 bits per heavy atom. The number of rotatable bonds is 8. The monoisotopic (exact) mass is 366 g/mol. The van der Waals surface area contributed by atoms with Gasteiger partial charge in [-0.15, -0.1) is 11.3 Å². The van der Waals surface area contributed by atoms with Gasteiger partial charge < -0.3 is 16.0 Å². The molecule has 0 bridgehead atoms. The van der Waals surface area contributed by atoms with Gasteiger partial charge in [0.1, 0.15) is 23.8 Å². The van der Waals surface area contributed by atoms with Gasteiger partial charge in [-0.3, -0.25) is 4.79 Å². The van der Waals surface area contributed by atoms with E-state index in [4.69, 9.17) is 0 Å². The molecular weight excluding hydrogens is 348 g/mol. The molecule has 0 aliphatic carbocycles. The van der Waals surface area contributed by atoms with Crippen LogP contribution in [0.25, 0.3) is 6.08 Å². The summed E-state index contributed by atoms with van der Waals surface area (Å²) in [6, 6.07) is 11.3. The molecule has 3 N–H and O–H groups in total. The van der Waals surface area contributed by atoms with Gasteiger partial charge in [0.15, 0.2) is 0 Å². The third-order valence-corrected chi connectivity index (χ3v) is 4.10. The van der Waals surface area contributed by atoms with Crippen molar-refractivity contribution in [3.63, 3.8) is 0 Å². The van der Waals surface area contributed by atoms with E-state index in [9.17, 15) is 4.79 Å². The second kappa shape index (κ2) is 9.28. The van der Waals surface area contributed by atoms with Crippen LogP contribution in [0, 0.1) is 0 Å². The van der Waals surface area contributed by atoms with Crippen molar-refractivity contribution in [2.45, 2.75) is 0 Å². The zero-order valence-electron chi connectivity index (χ0n) is 13.9. The Labute approximate surface area is 155 Å². The second-order valence-corrected chi connectivity index (χ2v) is 6.17. The van der Waals surface area contributed by atoms with Gasteiger partial charge in [-0.25, -0.2) is 15.0 Å². The Balaban J connectivity index is 1.42. The van der Waals surface area contributed by atoms with Crippen LogP contribution in [0.5, 0.6) is 0 Å². The summed E-state index contributed by atoms with van der Waals surface area (Å²) in [5.41, 5.74) is 0. The van der Waals surface area contributed by atoms with Crippen LogP contribution in [-0.4, -0.2) is 33.9 Å². The number of carbonyl (C=O) groups excluding carboxylic acids is 1. The molecule has 0 spiro atoms. The molecule has 0 unspecified atom stereocenters. The molecule has 3 rings (SSSR count). The van der Waals surface area contributed by atoms with E-state index in [2.05, 4.69) is 30.9 Å². The van der Waals surface area contributed by atoms with Gasteiger partial charge in [0.25, 0.3) is 0 Å². The molecule has 7 nitrogen and oxygen atoms in total. The molecule has 3 heterocycles. The minimum atomic E-state index is -0.125. The third kappa shape index (κ3) is 5.67. The lowest BCUT2D eigenvalue weighted by atomic mass is 10.4. The fourth-order valence-corrected chi connectivity index (χ4v) is 2.69. The quantitative estimate of drug-likeness (QED) is 0.419. The first-order valence-electron chi connectivity index (χ1n) is 8.03. The van der Waals surface area contributed by atoms with E-state index < -0.39 is 0 Å². The van der Waals surface area contributed by atoms with Crippen molar-refractivity contribution in [3.8, 4) is 0 Å². The van der Waals surface area contributed by atoms with Crippen LogP contribution >= 0.6 is 11.3 Å². The van der Waals surface area contributed by atoms with Crippen LogP contribution in [0.1, 0.15) is 4.88 Å². The molecule has 0 radical (unpaired) electrons. The van der Waals surface area contributed by atoms with E-state index in [1.54, 1.807) is 29.7 Å². The number of aromatic nitrogens is 3. The maximum Gasteiger partial charge on any atom is 0.244 e. The van der Waals surface area contributed by atoms with Crippen LogP contribution < -0.4 is 16.0 Å². The number of pyridine rings is 1. The highest BCUT2D eigenvalue weighted by Gasteiger charge is 2.00. The molecule has 26 heavy (non-hydrogen) atoms. The van der Waals surface area contributed by atoms with Crippen molar-refractivity contribution in [3.05, 3.63) is 65.3 Å². The lowest BCUT2D eigenvalue weighted by Gasteiger charge is -2.08. The SMILES string of the molecule is O=C(/C=C/c1cccs1)NCCNc1cc(Nc2ccccn2)ncn1. The van der Waals surface area contributed by atoms with E-state index in [0.29, 0.717) is 30.5 Å². The highest BCUT2D eigenvalue weighted by Crippen LogP contribution is 2.13. The summed E-state index contributed by atoms with van der Waals surface area (Å²) in [4.78, 5) is 25.3. The molecule has 3 aromatic heterocycles. The normalized spacial score (nSPS) is 10.6. The first kappa shape index (κ1) is 17.6. The molecule has 0 fully saturated rings. The molecule has 0 aliphatic heterocycles. The largest absolute Gasteiger partial charge is 0.368 e. The first-order chi connectivity index (χ1) is 12.8. The number of amides is 1. The smallest absolute Gasteiger partial charge is 0.244 e. The number of hydrogen-bond donors (Lipinski definition) is 3. The van der Waals surface area contributed by atoms with Crippen molar-refractivity contribution in [2.75, 3.05) is 23.7 Å². The van der Waals surface area contributed by atoms with E-state index >= 15 is 0 Å². The van der Waals surface area contributed by atoms with Crippen molar-refractivity contribution in [1.82, 2.24) is 20.3 Å². The summed E-state index contributed by atoms with van der Waals surface area (Å²) in [5.74, 6) is 1.90. The minimum absolute atomic E-state index is 0.125. The summed E-state index contributed by atoms with van der Waals surface area (Å²) in [6.45, 7) is 1.04. The average molecular weight is 366 g/mol.